The molecule has 0 aromatic heterocycles. The molecule has 2 unspecified atom stereocenters. The highest BCUT2D eigenvalue weighted by atomic mass is 16.5. The fourth-order valence-corrected chi connectivity index (χ4v) is 8.62. The molecule has 0 spiro atoms. The molecule has 6 nitrogen and oxygen atoms in total. The minimum atomic E-state index is -0.858. The van der Waals surface area contributed by atoms with E-state index in [-0.39, 0.29) is 18.5 Å². The van der Waals surface area contributed by atoms with Crippen molar-refractivity contribution in [3.05, 3.63) is 24.3 Å². The maximum atomic E-state index is 12.5. The zero-order valence-corrected chi connectivity index (χ0v) is 42.3. The van der Waals surface area contributed by atoms with Gasteiger partial charge in [0.05, 0.1) is 25.4 Å². The van der Waals surface area contributed by atoms with Crippen LogP contribution in [0, 0.1) is 0 Å². The van der Waals surface area contributed by atoms with Crippen LogP contribution < -0.4 is 5.32 Å². The van der Waals surface area contributed by atoms with Gasteiger partial charge in [0.25, 0.3) is 0 Å². The number of aliphatic hydroxyl groups is 2. The van der Waals surface area contributed by atoms with Crippen molar-refractivity contribution in [3.8, 4) is 0 Å². The minimum absolute atomic E-state index is 0.0260. The van der Waals surface area contributed by atoms with Gasteiger partial charge in [-0.05, 0) is 51.4 Å². The summed E-state index contributed by atoms with van der Waals surface area (Å²) in [5.74, 6) is -0.111. The number of carbonyl (C=O) groups is 2. The van der Waals surface area contributed by atoms with E-state index in [2.05, 4.69) is 31.3 Å². The molecular formula is C57H109NO5. The molecule has 0 saturated heterocycles. The molecule has 63 heavy (non-hydrogen) atoms. The molecule has 1 amide bonds. The maximum absolute atomic E-state index is 12.5. The van der Waals surface area contributed by atoms with E-state index in [0.29, 0.717) is 19.4 Å². The summed E-state index contributed by atoms with van der Waals surface area (Å²) in [6.07, 6.45) is 63.4. The van der Waals surface area contributed by atoms with Crippen LogP contribution in [0.3, 0.4) is 0 Å². The van der Waals surface area contributed by atoms with Crippen molar-refractivity contribution in [2.45, 2.75) is 315 Å². The molecule has 3 N–H and O–H groups in total. The zero-order chi connectivity index (χ0) is 45.8. The molecule has 372 valence electrons. The highest BCUT2D eigenvalue weighted by Crippen LogP contribution is 2.17. The Kier molecular flexibility index (Phi) is 51.6. The van der Waals surface area contributed by atoms with Crippen LogP contribution in [0.4, 0.5) is 0 Å². The third-order valence-corrected chi connectivity index (χ3v) is 13.0. The predicted octanol–water partition coefficient (Wildman–Crippen LogP) is 17.1. The summed E-state index contributed by atoms with van der Waals surface area (Å²) in [4.78, 5) is 24.5. The molecule has 0 aliphatic heterocycles. The second kappa shape index (κ2) is 53.0. The Morgan fingerprint density at radius 2 is 0.762 bits per heavy atom. The minimum Gasteiger partial charge on any atom is -0.466 e. The third kappa shape index (κ3) is 49.6. The second-order valence-corrected chi connectivity index (χ2v) is 19.3. The number of aliphatic hydroxyl groups excluding tert-OH is 2. The van der Waals surface area contributed by atoms with E-state index in [0.717, 1.165) is 57.8 Å². The molecule has 0 fully saturated rings. The normalized spacial score (nSPS) is 12.8. The van der Waals surface area contributed by atoms with E-state index < -0.39 is 12.1 Å². The van der Waals surface area contributed by atoms with Crippen molar-refractivity contribution < 1.29 is 24.5 Å². The molecule has 0 aromatic rings. The van der Waals surface area contributed by atoms with Gasteiger partial charge < -0.3 is 20.3 Å². The molecule has 2 atom stereocenters. The summed E-state index contributed by atoms with van der Waals surface area (Å²) in [6.45, 7) is 4.83. The summed E-state index contributed by atoms with van der Waals surface area (Å²) in [5.41, 5.74) is 0. The van der Waals surface area contributed by atoms with Gasteiger partial charge in [0.15, 0.2) is 0 Å². The monoisotopic (exact) mass is 888 g/mol. The molecule has 6 heteroatoms. The summed E-state index contributed by atoms with van der Waals surface area (Å²) < 4.78 is 5.44. The summed E-state index contributed by atoms with van der Waals surface area (Å²) in [5, 5.41) is 23.2. The smallest absolute Gasteiger partial charge is 0.305 e. The van der Waals surface area contributed by atoms with Gasteiger partial charge in [-0.25, -0.2) is 0 Å². The standard InChI is InChI=1S/C57H109NO5/c1-3-5-7-9-11-13-15-16-17-18-19-20-21-22-23-24-25-26-27-30-33-37-41-45-49-55(60)54(53-59)58-56(61)50-46-42-38-34-31-28-32-36-40-44-48-52-63-57(62)51-47-43-39-35-29-14-12-10-8-6-4-2/h10,12,45,49,54-55,59-60H,3-9,11,13-44,46-48,50-53H2,1-2H3,(H,58,61)/b12-10-,49-45+. The fraction of sp³-hybridized carbons (Fsp3) is 0.895. The van der Waals surface area contributed by atoms with Gasteiger partial charge in [0.2, 0.25) is 5.91 Å². The van der Waals surface area contributed by atoms with E-state index in [1.54, 1.807) is 6.08 Å². The van der Waals surface area contributed by atoms with Crippen molar-refractivity contribution in [3.63, 3.8) is 0 Å². The lowest BCUT2D eigenvalue weighted by Crippen LogP contribution is -2.45. The molecule has 0 aliphatic rings. The van der Waals surface area contributed by atoms with Gasteiger partial charge in [-0.15, -0.1) is 0 Å². The number of hydrogen-bond donors (Lipinski definition) is 3. The first-order valence-corrected chi connectivity index (χ1v) is 28.1. The summed E-state index contributed by atoms with van der Waals surface area (Å²) in [7, 11) is 0. The van der Waals surface area contributed by atoms with Crippen molar-refractivity contribution >= 4 is 11.9 Å². The first-order chi connectivity index (χ1) is 31.0. The second-order valence-electron chi connectivity index (χ2n) is 19.3. The Balaban J connectivity index is 3.50. The molecule has 0 aliphatic carbocycles. The van der Waals surface area contributed by atoms with Crippen molar-refractivity contribution in [1.82, 2.24) is 5.32 Å². The van der Waals surface area contributed by atoms with Gasteiger partial charge >= 0.3 is 5.97 Å². The Bertz CT molecular complexity index is 982. The predicted molar refractivity (Wildman–Crippen MR) is 273 cm³/mol. The number of hydrogen-bond acceptors (Lipinski definition) is 5. The molecule has 0 rings (SSSR count). The van der Waals surface area contributed by atoms with Crippen LogP contribution in [0.2, 0.25) is 0 Å². The molecule has 0 radical (unpaired) electrons. The lowest BCUT2D eigenvalue weighted by molar-refractivity contribution is -0.143. The third-order valence-electron chi connectivity index (χ3n) is 13.0. The first kappa shape index (κ1) is 61.3. The van der Waals surface area contributed by atoms with Gasteiger partial charge in [-0.2, -0.15) is 0 Å². The van der Waals surface area contributed by atoms with Gasteiger partial charge in [0.1, 0.15) is 0 Å². The van der Waals surface area contributed by atoms with Crippen molar-refractivity contribution in [1.29, 1.82) is 0 Å². The Hall–Kier alpha value is -1.66. The Labute approximate surface area is 392 Å². The quantitative estimate of drug-likeness (QED) is 0.0321. The van der Waals surface area contributed by atoms with E-state index in [1.165, 1.54) is 218 Å². The van der Waals surface area contributed by atoms with Crippen LogP contribution >= 0.6 is 0 Å². The lowest BCUT2D eigenvalue weighted by atomic mass is 10.0. The molecule has 0 aromatic carbocycles. The number of unbranched alkanes of at least 4 members (excludes halogenated alkanes) is 39. The number of esters is 1. The number of allylic oxidation sites excluding steroid dienone is 3. The van der Waals surface area contributed by atoms with Gasteiger partial charge in [-0.3, -0.25) is 9.59 Å². The van der Waals surface area contributed by atoms with Crippen molar-refractivity contribution in [2.24, 2.45) is 0 Å². The number of ether oxygens (including phenoxy) is 1. The SMILES string of the molecule is CCCC/C=C\CCCCCCCC(=O)OCCCCCCCCCCCCCC(=O)NC(CO)C(O)/C=C/CCCCCCCCCCCCCCCCCCCCCCCC. The van der Waals surface area contributed by atoms with Crippen LogP contribution in [0.5, 0.6) is 0 Å². The molecule has 0 heterocycles. The highest BCUT2D eigenvalue weighted by Gasteiger charge is 2.18. The Morgan fingerprint density at radius 3 is 1.17 bits per heavy atom. The number of nitrogens with one attached hydrogen (secondary N) is 1. The van der Waals surface area contributed by atoms with E-state index in [4.69, 9.17) is 4.74 Å². The van der Waals surface area contributed by atoms with E-state index in [9.17, 15) is 19.8 Å². The van der Waals surface area contributed by atoms with Gasteiger partial charge in [0, 0.05) is 12.8 Å². The summed E-state index contributed by atoms with van der Waals surface area (Å²) >= 11 is 0. The first-order valence-electron chi connectivity index (χ1n) is 28.1. The number of rotatable bonds is 52. The maximum Gasteiger partial charge on any atom is 0.305 e. The number of carbonyl (C=O) groups excluding carboxylic acids is 2. The average molecular weight is 889 g/mol. The number of amides is 1. The van der Waals surface area contributed by atoms with Gasteiger partial charge in [-0.1, -0.05) is 263 Å². The molecule has 0 bridgehead atoms. The van der Waals surface area contributed by atoms with Crippen LogP contribution in [0.1, 0.15) is 303 Å². The highest BCUT2D eigenvalue weighted by molar-refractivity contribution is 5.76. The largest absolute Gasteiger partial charge is 0.466 e. The van der Waals surface area contributed by atoms with Crippen molar-refractivity contribution in [2.75, 3.05) is 13.2 Å². The Morgan fingerprint density at radius 1 is 0.429 bits per heavy atom. The average Bonchev–Trinajstić information content (AvgIpc) is 3.28. The van der Waals surface area contributed by atoms with E-state index >= 15 is 0 Å². The molecular weight excluding hydrogens is 779 g/mol. The summed E-state index contributed by atoms with van der Waals surface area (Å²) in [6, 6.07) is -0.643. The fourth-order valence-electron chi connectivity index (χ4n) is 8.62. The van der Waals surface area contributed by atoms with E-state index in [1.807, 2.05) is 6.08 Å². The van der Waals surface area contributed by atoms with Crippen LogP contribution in [0.15, 0.2) is 24.3 Å². The van der Waals surface area contributed by atoms with Crippen LogP contribution in [-0.4, -0.2) is 47.4 Å². The molecule has 0 saturated carbocycles. The van der Waals surface area contributed by atoms with Crippen LogP contribution in [0.25, 0.3) is 0 Å². The lowest BCUT2D eigenvalue weighted by Gasteiger charge is -2.20. The topological polar surface area (TPSA) is 95.9 Å². The zero-order valence-electron chi connectivity index (χ0n) is 42.3. The van der Waals surface area contributed by atoms with Crippen LogP contribution in [-0.2, 0) is 14.3 Å².